The zero-order valence-corrected chi connectivity index (χ0v) is 13.7. The fourth-order valence-corrected chi connectivity index (χ4v) is 2.87. The molecule has 104 valence electrons. The number of hydrogen-bond acceptors (Lipinski definition) is 0. The van der Waals surface area contributed by atoms with Crippen molar-refractivity contribution in [3.8, 4) is 0 Å². The highest BCUT2D eigenvalue weighted by Gasteiger charge is 2.05. The third kappa shape index (κ3) is 12.7. The summed E-state index contributed by atoms with van der Waals surface area (Å²) in [6.45, 7) is 4.65. The minimum atomic E-state index is 1.00. The fraction of sp³-hybridized carbons (Fsp3) is 1.00. The summed E-state index contributed by atoms with van der Waals surface area (Å²) in [6.07, 6.45) is 17.2. The van der Waals surface area contributed by atoms with Gasteiger partial charge in [0.2, 0.25) is 0 Å². The van der Waals surface area contributed by atoms with Crippen LogP contribution in [0.5, 0.6) is 0 Å². The Kier molecular flexibility index (Phi) is 15.0. The molecule has 0 aromatic carbocycles. The van der Waals surface area contributed by atoms with E-state index in [-0.39, 0.29) is 0 Å². The second kappa shape index (κ2) is 14.5. The van der Waals surface area contributed by atoms with Crippen molar-refractivity contribution in [2.75, 3.05) is 5.33 Å². The van der Waals surface area contributed by atoms with E-state index in [1.807, 2.05) is 0 Å². The highest BCUT2D eigenvalue weighted by atomic mass is 79.9. The van der Waals surface area contributed by atoms with Gasteiger partial charge in [-0.3, -0.25) is 0 Å². The Bertz CT molecular complexity index is 133. The maximum absolute atomic E-state index is 3.52. The lowest BCUT2D eigenvalue weighted by Crippen LogP contribution is -1.99. The van der Waals surface area contributed by atoms with Gasteiger partial charge in [0.15, 0.2) is 0 Å². The van der Waals surface area contributed by atoms with Crippen LogP contribution in [-0.4, -0.2) is 5.33 Å². The molecule has 0 saturated carbocycles. The largest absolute Gasteiger partial charge is 0.0928 e. The lowest BCUT2D eigenvalue weighted by atomic mass is 9.93. The van der Waals surface area contributed by atoms with Crippen molar-refractivity contribution >= 4 is 15.9 Å². The summed E-state index contributed by atoms with van der Waals surface area (Å²) in [6, 6.07) is 0. The molecule has 0 amide bonds. The third-order valence-corrected chi connectivity index (χ3v) is 4.35. The van der Waals surface area contributed by atoms with E-state index in [2.05, 4.69) is 29.8 Å². The van der Waals surface area contributed by atoms with E-state index < -0.39 is 0 Å². The minimum absolute atomic E-state index is 1.00. The van der Waals surface area contributed by atoms with Gasteiger partial charge in [-0.05, 0) is 12.3 Å². The van der Waals surface area contributed by atoms with E-state index in [9.17, 15) is 0 Å². The second-order valence-corrected chi connectivity index (χ2v) is 6.16. The molecule has 0 rings (SSSR count). The molecular formula is C16H33Br. The summed E-state index contributed by atoms with van der Waals surface area (Å²) in [4.78, 5) is 0. The highest BCUT2D eigenvalue weighted by molar-refractivity contribution is 9.09. The van der Waals surface area contributed by atoms with E-state index in [0.717, 1.165) is 5.92 Å². The maximum atomic E-state index is 3.52. The third-order valence-electron chi connectivity index (χ3n) is 3.79. The average Bonchev–Trinajstić information content (AvgIpc) is 2.35. The summed E-state index contributed by atoms with van der Waals surface area (Å²) in [5.41, 5.74) is 0. The normalized spacial score (nSPS) is 12.9. The maximum Gasteiger partial charge on any atom is 0.00313 e. The molecular weight excluding hydrogens is 272 g/mol. The van der Waals surface area contributed by atoms with Crippen LogP contribution in [0.1, 0.15) is 90.9 Å². The minimum Gasteiger partial charge on any atom is -0.0928 e. The van der Waals surface area contributed by atoms with Gasteiger partial charge in [-0.1, -0.05) is 100 Å². The molecule has 0 N–H and O–H groups in total. The molecule has 0 heterocycles. The van der Waals surface area contributed by atoms with Crippen LogP contribution in [0.15, 0.2) is 0 Å². The van der Waals surface area contributed by atoms with Gasteiger partial charge >= 0.3 is 0 Å². The van der Waals surface area contributed by atoms with Crippen LogP contribution in [0.25, 0.3) is 0 Å². The SMILES string of the molecule is CCCCCCCCCC(CC)CCCCBr. The molecule has 0 aromatic heterocycles. The first-order valence-corrected chi connectivity index (χ1v) is 9.03. The van der Waals surface area contributed by atoms with Gasteiger partial charge < -0.3 is 0 Å². The molecule has 0 bridgehead atoms. The number of rotatable bonds is 13. The van der Waals surface area contributed by atoms with Crippen molar-refractivity contribution in [2.45, 2.75) is 90.9 Å². The molecule has 0 nitrogen and oxygen atoms in total. The molecule has 0 aromatic rings. The van der Waals surface area contributed by atoms with E-state index in [0.29, 0.717) is 0 Å². The van der Waals surface area contributed by atoms with Crippen molar-refractivity contribution in [3.63, 3.8) is 0 Å². The number of unbranched alkanes of at least 4 members (excludes halogenated alkanes) is 7. The number of hydrogen-bond donors (Lipinski definition) is 0. The number of halogens is 1. The summed E-state index contributed by atoms with van der Waals surface area (Å²) >= 11 is 3.52. The molecule has 1 heteroatoms. The molecule has 1 atom stereocenters. The Labute approximate surface area is 118 Å². The predicted octanol–water partition coefficient (Wildman–Crippen LogP) is 6.72. The van der Waals surface area contributed by atoms with Crippen LogP contribution < -0.4 is 0 Å². The van der Waals surface area contributed by atoms with Crippen LogP contribution in [0.3, 0.4) is 0 Å². The second-order valence-electron chi connectivity index (χ2n) is 5.37. The summed E-state index contributed by atoms with van der Waals surface area (Å²) in [7, 11) is 0. The summed E-state index contributed by atoms with van der Waals surface area (Å²) in [5.74, 6) is 1.00. The van der Waals surface area contributed by atoms with Gasteiger partial charge in [0, 0.05) is 5.33 Å². The molecule has 17 heavy (non-hydrogen) atoms. The first-order chi connectivity index (χ1) is 8.35. The quantitative estimate of drug-likeness (QED) is 0.262. The van der Waals surface area contributed by atoms with Crippen molar-refractivity contribution < 1.29 is 0 Å². The topological polar surface area (TPSA) is 0 Å². The van der Waals surface area contributed by atoms with Gasteiger partial charge in [0.25, 0.3) is 0 Å². The van der Waals surface area contributed by atoms with Gasteiger partial charge in [-0.2, -0.15) is 0 Å². The number of alkyl halides is 1. The van der Waals surface area contributed by atoms with E-state index >= 15 is 0 Å². The first-order valence-electron chi connectivity index (χ1n) is 7.91. The molecule has 0 spiro atoms. The molecule has 0 saturated heterocycles. The Balaban J connectivity index is 3.25. The summed E-state index contributed by atoms with van der Waals surface area (Å²) < 4.78 is 0. The zero-order valence-electron chi connectivity index (χ0n) is 12.1. The Morgan fingerprint density at radius 3 is 1.76 bits per heavy atom. The van der Waals surface area contributed by atoms with Crippen LogP contribution in [0, 0.1) is 5.92 Å². The Morgan fingerprint density at radius 2 is 1.24 bits per heavy atom. The van der Waals surface area contributed by atoms with Gasteiger partial charge in [0.1, 0.15) is 0 Å². The van der Waals surface area contributed by atoms with Crippen molar-refractivity contribution in [3.05, 3.63) is 0 Å². The standard InChI is InChI=1S/C16H33Br/c1-3-5-6-7-8-9-10-13-16(4-2)14-11-12-15-17/h16H,3-15H2,1-2H3. The van der Waals surface area contributed by atoms with Crippen molar-refractivity contribution in [1.29, 1.82) is 0 Å². The van der Waals surface area contributed by atoms with Gasteiger partial charge in [-0.15, -0.1) is 0 Å². The lowest BCUT2D eigenvalue weighted by Gasteiger charge is -2.14. The Morgan fingerprint density at radius 1 is 0.706 bits per heavy atom. The molecule has 1 unspecified atom stereocenters. The predicted molar refractivity (Wildman–Crippen MR) is 84.0 cm³/mol. The van der Waals surface area contributed by atoms with Crippen molar-refractivity contribution in [2.24, 2.45) is 5.92 Å². The summed E-state index contributed by atoms with van der Waals surface area (Å²) in [5, 5.41) is 1.18. The lowest BCUT2D eigenvalue weighted by molar-refractivity contribution is 0.400. The van der Waals surface area contributed by atoms with Gasteiger partial charge in [0.05, 0.1) is 0 Å². The van der Waals surface area contributed by atoms with Crippen LogP contribution in [0.2, 0.25) is 0 Å². The first kappa shape index (κ1) is 17.5. The van der Waals surface area contributed by atoms with Crippen LogP contribution >= 0.6 is 15.9 Å². The molecule has 0 fully saturated rings. The smallest absolute Gasteiger partial charge is 0.00313 e. The van der Waals surface area contributed by atoms with Gasteiger partial charge in [-0.25, -0.2) is 0 Å². The fourth-order valence-electron chi connectivity index (χ4n) is 2.47. The van der Waals surface area contributed by atoms with Crippen LogP contribution in [0.4, 0.5) is 0 Å². The van der Waals surface area contributed by atoms with Crippen LogP contribution in [-0.2, 0) is 0 Å². The monoisotopic (exact) mass is 304 g/mol. The van der Waals surface area contributed by atoms with E-state index in [1.165, 1.54) is 82.4 Å². The van der Waals surface area contributed by atoms with Crippen molar-refractivity contribution in [1.82, 2.24) is 0 Å². The molecule has 0 aliphatic rings. The molecule has 0 radical (unpaired) electrons. The average molecular weight is 305 g/mol. The van der Waals surface area contributed by atoms with E-state index in [1.54, 1.807) is 0 Å². The highest BCUT2D eigenvalue weighted by Crippen LogP contribution is 2.20. The van der Waals surface area contributed by atoms with E-state index in [4.69, 9.17) is 0 Å². The molecule has 0 aliphatic heterocycles. The Hall–Kier alpha value is 0.480. The molecule has 0 aliphatic carbocycles. The zero-order chi connectivity index (χ0) is 12.8.